The van der Waals surface area contributed by atoms with Crippen LogP contribution in [-0.2, 0) is 5.54 Å². The van der Waals surface area contributed by atoms with Crippen LogP contribution in [0.4, 0.5) is 4.39 Å². The van der Waals surface area contributed by atoms with Gasteiger partial charge in [-0.3, -0.25) is 0 Å². The van der Waals surface area contributed by atoms with Gasteiger partial charge in [0.1, 0.15) is 11.6 Å². The minimum atomic E-state index is -0.361. The maximum absolute atomic E-state index is 13.0. The highest BCUT2D eigenvalue weighted by atomic mass is 19.1. The molecule has 15 heavy (non-hydrogen) atoms. The summed E-state index contributed by atoms with van der Waals surface area (Å²) < 4.78 is 13.0. The van der Waals surface area contributed by atoms with Crippen LogP contribution >= 0.6 is 0 Å². The van der Waals surface area contributed by atoms with Crippen molar-refractivity contribution in [3.63, 3.8) is 0 Å². The summed E-state index contributed by atoms with van der Waals surface area (Å²) >= 11 is 0. The number of hydrogen-bond donors (Lipinski definition) is 1. The molecule has 76 valence electrons. The van der Waals surface area contributed by atoms with Crippen LogP contribution in [0.1, 0.15) is 18.7 Å². The van der Waals surface area contributed by atoms with E-state index in [-0.39, 0.29) is 11.4 Å². The Morgan fingerprint density at radius 1 is 1.33 bits per heavy atom. The standard InChI is InChI=1S/C11H10FN3/c12-8-2-1-7-6-14-10(11(13)3-4-11)15-9(7)5-8/h1-2,5-6H,3-4,13H2. The molecular formula is C11H10FN3. The lowest BCUT2D eigenvalue weighted by atomic mass is 10.2. The molecule has 1 aliphatic rings. The molecule has 0 amide bonds. The van der Waals surface area contributed by atoms with E-state index in [0.717, 1.165) is 18.2 Å². The molecule has 1 heterocycles. The van der Waals surface area contributed by atoms with Gasteiger partial charge in [-0.25, -0.2) is 14.4 Å². The fourth-order valence-electron chi connectivity index (χ4n) is 1.59. The molecule has 1 fully saturated rings. The van der Waals surface area contributed by atoms with E-state index in [1.165, 1.54) is 12.1 Å². The Kier molecular flexibility index (Phi) is 1.59. The van der Waals surface area contributed by atoms with Crippen LogP contribution in [0.5, 0.6) is 0 Å². The fraction of sp³-hybridized carbons (Fsp3) is 0.273. The van der Waals surface area contributed by atoms with Crippen molar-refractivity contribution in [2.75, 3.05) is 0 Å². The quantitative estimate of drug-likeness (QED) is 0.767. The topological polar surface area (TPSA) is 51.8 Å². The first kappa shape index (κ1) is 8.73. The summed E-state index contributed by atoms with van der Waals surface area (Å²) in [5.74, 6) is 0.342. The average Bonchev–Trinajstić information content (AvgIpc) is 2.97. The monoisotopic (exact) mass is 203 g/mol. The van der Waals surface area contributed by atoms with Crippen molar-refractivity contribution >= 4 is 10.9 Å². The van der Waals surface area contributed by atoms with Gasteiger partial charge in [-0.1, -0.05) is 0 Å². The number of halogens is 1. The van der Waals surface area contributed by atoms with Crippen molar-refractivity contribution in [3.05, 3.63) is 36.0 Å². The van der Waals surface area contributed by atoms with E-state index in [2.05, 4.69) is 9.97 Å². The summed E-state index contributed by atoms with van der Waals surface area (Å²) in [6, 6.07) is 4.48. The maximum atomic E-state index is 13.0. The highest BCUT2D eigenvalue weighted by Crippen LogP contribution is 2.40. The molecule has 0 bridgehead atoms. The second-order valence-corrected chi connectivity index (χ2v) is 4.05. The van der Waals surface area contributed by atoms with E-state index in [0.29, 0.717) is 11.3 Å². The van der Waals surface area contributed by atoms with E-state index in [1.807, 2.05) is 0 Å². The number of nitrogens with zero attached hydrogens (tertiary/aromatic N) is 2. The molecule has 1 aliphatic carbocycles. The first-order valence-electron chi connectivity index (χ1n) is 4.89. The third-order valence-electron chi connectivity index (χ3n) is 2.78. The minimum absolute atomic E-state index is 0.283. The molecule has 0 radical (unpaired) electrons. The van der Waals surface area contributed by atoms with Crippen molar-refractivity contribution in [1.29, 1.82) is 0 Å². The molecule has 1 aromatic heterocycles. The highest BCUT2D eigenvalue weighted by Gasteiger charge is 2.43. The third kappa shape index (κ3) is 1.37. The Bertz CT molecular complexity index is 534. The number of benzene rings is 1. The zero-order valence-corrected chi connectivity index (χ0v) is 8.07. The molecule has 0 unspecified atom stereocenters. The summed E-state index contributed by atoms with van der Waals surface area (Å²) in [6.07, 6.45) is 3.52. The fourth-order valence-corrected chi connectivity index (χ4v) is 1.59. The molecule has 2 aromatic rings. The van der Waals surface area contributed by atoms with Crippen LogP contribution in [0.25, 0.3) is 10.9 Å². The number of rotatable bonds is 1. The van der Waals surface area contributed by atoms with Crippen molar-refractivity contribution in [3.8, 4) is 0 Å². The molecule has 0 spiro atoms. The SMILES string of the molecule is NC1(c2ncc3ccc(F)cc3n2)CC1. The van der Waals surface area contributed by atoms with Gasteiger partial charge in [-0.05, 0) is 25.0 Å². The van der Waals surface area contributed by atoms with Gasteiger partial charge < -0.3 is 5.73 Å². The van der Waals surface area contributed by atoms with Gasteiger partial charge in [-0.15, -0.1) is 0 Å². The van der Waals surface area contributed by atoms with Crippen LogP contribution in [-0.4, -0.2) is 9.97 Å². The van der Waals surface area contributed by atoms with E-state index in [4.69, 9.17) is 5.73 Å². The van der Waals surface area contributed by atoms with Crippen molar-refractivity contribution in [2.45, 2.75) is 18.4 Å². The van der Waals surface area contributed by atoms with Crippen molar-refractivity contribution in [1.82, 2.24) is 9.97 Å². The maximum Gasteiger partial charge on any atom is 0.148 e. The van der Waals surface area contributed by atoms with Gasteiger partial charge >= 0.3 is 0 Å². The molecule has 1 saturated carbocycles. The Balaban J connectivity index is 2.20. The van der Waals surface area contributed by atoms with Gasteiger partial charge in [0, 0.05) is 17.6 Å². The van der Waals surface area contributed by atoms with Crippen LogP contribution in [0.15, 0.2) is 24.4 Å². The van der Waals surface area contributed by atoms with Gasteiger partial charge in [0.2, 0.25) is 0 Å². The van der Waals surface area contributed by atoms with E-state index >= 15 is 0 Å². The Morgan fingerprint density at radius 3 is 2.87 bits per heavy atom. The molecule has 4 heteroatoms. The van der Waals surface area contributed by atoms with E-state index in [1.54, 1.807) is 12.3 Å². The Hall–Kier alpha value is -1.55. The summed E-state index contributed by atoms with van der Waals surface area (Å²) in [5.41, 5.74) is 6.24. The highest BCUT2D eigenvalue weighted by molar-refractivity contribution is 5.77. The second kappa shape index (κ2) is 2.73. The normalized spacial score (nSPS) is 18.0. The van der Waals surface area contributed by atoms with Gasteiger partial charge in [0.25, 0.3) is 0 Å². The van der Waals surface area contributed by atoms with Gasteiger partial charge in [-0.2, -0.15) is 0 Å². The third-order valence-corrected chi connectivity index (χ3v) is 2.78. The summed E-state index contributed by atoms with van der Waals surface area (Å²) in [7, 11) is 0. The zero-order chi connectivity index (χ0) is 10.5. The van der Waals surface area contributed by atoms with Crippen molar-refractivity contribution in [2.24, 2.45) is 5.73 Å². The Labute approximate surface area is 86.1 Å². The summed E-state index contributed by atoms with van der Waals surface area (Å²) in [6.45, 7) is 0. The first-order chi connectivity index (χ1) is 7.17. The van der Waals surface area contributed by atoms with Crippen LogP contribution in [0.3, 0.4) is 0 Å². The molecule has 0 aliphatic heterocycles. The smallest absolute Gasteiger partial charge is 0.148 e. The number of nitrogens with two attached hydrogens (primary N) is 1. The van der Waals surface area contributed by atoms with E-state index in [9.17, 15) is 4.39 Å². The molecule has 3 nitrogen and oxygen atoms in total. The number of aromatic nitrogens is 2. The lowest BCUT2D eigenvalue weighted by Crippen LogP contribution is -2.21. The molecule has 1 aromatic carbocycles. The van der Waals surface area contributed by atoms with Gasteiger partial charge in [0.15, 0.2) is 0 Å². The predicted octanol–water partition coefficient (Wildman–Crippen LogP) is 1.72. The second-order valence-electron chi connectivity index (χ2n) is 4.05. The van der Waals surface area contributed by atoms with Crippen LogP contribution in [0.2, 0.25) is 0 Å². The number of hydrogen-bond acceptors (Lipinski definition) is 3. The zero-order valence-electron chi connectivity index (χ0n) is 8.07. The lowest BCUT2D eigenvalue weighted by Gasteiger charge is -2.07. The largest absolute Gasteiger partial charge is 0.319 e. The lowest BCUT2D eigenvalue weighted by molar-refractivity contribution is 0.628. The van der Waals surface area contributed by atoms with Crippen molar-refractivity contribution < 1.29 is 4.39 Å². The summed E-state index contributed by atoms with van der Waals surface area (Å²) in [4.78, 5) is 8.51. The molecular weight excluding hydrogens is 193 g/mol. The van der Waals surface area contributed by atoms with E-state index < -0.39 is 0 Å². The number of fused-ring (bicyclic) bond motifs is 1. The Morgan fingerprint density at radius 2 is 2.13 bits per heavy atom. The first-order valence-corrected chi connectivity index (χ1v) is 4.89. The molecule has 2 N–H and O–H groups in total. The molecule has 0 saturated heterocycles. The minimum Gasteiger partial charge on any atom is -0.319 e. The summed E-state index contributed by atoms with van der Waals surface area (Å²) in [5, 5.41) is 0.837. The molecule has 0 atom stereocenters. The molecule has 3 rings (SSSR count). The van der Waals surface area contributed by atoms with Crippen LogP contribution < -0.4 is 5.73 Å². The van der Waals surface area contributed by atoms with Gasteiger partial charge in [0.05, 0.1) is 11.1 Å². The van der Waals surface area contributed by atoms with Crippen LogP contribution in [0, 0.1) is 5.82 Å². The average molecular weight is 203 g/mol. The predicted molar refractivity (Wildman–Crippen MR) is 54.6 cm³/mol.